The number of hydrogen-bond donors (Lipinski definition) is 0. The maximum atomic E-state index is 13.5. The number of hydrazone groups is 1. The standard InChI is InChI=1S/C24H21Cl2N5O6S2.Na/c1-3-30(16-9-5-4-6-10-16)38(33,34)21-12-8-7-11-19(21)27-28-23-15(2)29-31(24(23)32)20-13-18(26)22(14-17(20)25)39(35,36)37;/h4-14,23H,3H2,1-2H3,(H,35,36,37);/q;+1/p-1. The summed E-state index contributed by atoms with van der Waals surface area (Å²) in [5.74, 6) is -0.702. The number of para-hydroxylation sites is 1. The fraction of sp³-hybridized carbons (Fsp3) is 0.167. The number of benzene rings is 3. The van der Waals surface area contributed by atoms with Crippen molar-refractivity contribution in [3.05, 3.63) is 76.8 Å². The fourth-order valence-electron chi connectivity index (χ4n) is 3.82. The Bertz CT molecular complexity index is 1720. The minimum Gasteiger partial charge on any atom is -0.744 e. The van der Waals surface area contributed by atoms with Crippen molar-refractivity contribution in [3.63, 3.8) is 0 Å². The van der Waals surface area contributed by atoms with Gasteiger partial charge in [-0.2, -0.15) is 20.3 Å². The van der Waals surface area contributed by atoms with E-state index in [0.29, 0.717) is 5.69 Å². The van der Waals surface area contributed by atoms with Crippen molar-refractivity contribution < 1.29 is 55.7 Å². The molecule has 40 heavy (non-hydrogen) atoms. The van der Waals surface area contributed by atoms with Crippen LogP contribution in [0.1, 0.15) is 13.8 Å². The summed E-state index contributed by atoms with van der Waals surface area (Å²) in [6.07, 6.45) is 0. The van der Waals surface area contributed by atoms with Gasteiger partial charge < -0.3 is 4.55 Å². The van der Waals surface area contributed by atoms with Crippen molar-refractivity contribution in [1.29, 1.82) is 0 Å². The third-order valence-corrected chi connectivity index (χ3v) is 9.19. The molecule has 3 aromatic rings. The minimum atomic E-state index is -4.90. The summed E-state index contributed by atoms with van der Waals surface area (Å²) in [5, 5.41) is 12.5. The molecule has 1 unspecified atom stereocenters. The van der Waals surface area contributed by atoms with Crippen molar-refractivity contribution in [2.75, 3.05) is 15.9 Å². The maximum Gasteiger partial charge on any atom is 1.00 e. The van der Waals surface area contributed by atoms with Crippen LogP contribution in [0, 0.1) is 0 Å². The fourth-order valence-corrected chi connectivity index (χ4v) is 6.73. The molecule has 0 N–H and O–H groups in total. The van der Waals surface area contributed by atoms with Crippen LogP contribution in [0.3, 0.4) is 0 Å². The topological polar surface area (TPSA) is 152 Å². The van der Waals surface area contributed by atoms with E-state index in [1.54, 1.807) is 49.4 Å². The Morgan fingerprint density at radius 3 is 2.23 bits per heavy atom. The molecule has 0 spiro atoms. The zero-order valence-corrected chi connectivity index (χ0v) is 26.5. The molecule has 0 fully saturated rings. The molecule has 3 aromatic carbocycles. The zero-order chi connectivity index (χ0) is 28.5. The molecule has 204 valence electrons. The van der Waals surface area contributed by atoms with Crippen LogP contribution in [0.5, 0.6) is 0 Å². The van der Waals surface area contributed by atoms with E-state index < -0.39 is 42.0 Å². The maximum absolute atomic E-state index is 13.5. The molecule has 1 heterocycles. The van der Waals surface area contributed by atoms with E-state index in [2.05, 4.69) is 15.3 Å². The second-order valence-electron chi connectivity index (χ2n) is 8.17. The summed E-state index contributed by atoms with van der Waals surface area (Å²) < 4.78 is 62.5. The Hall–Kier alpha value is -2.36. The predicted octanol–water partition coefficient (Wildman–Crippen LogP) is 1.99. The van der Waals surface area contributed by atoms with Gasteiger partial charge in [-0.05, 0) is 50.2 Å². The number of carbonyl (C=O) groups is 1. The Balaban J connectivity index is 0.00000441. The van der Waals surface area contributed by atoms with E-state index >= 15 is 0 Å². The van der Waals surface area contributed by atoms with Gasteiger partial charge in [-0.25, -0.2) is 16.8 Å². The van der Waals surface area contributed by atoms with Gasteiger partial charge in [-0.3, -0.25) is 9.10 Å². The molecule has 0 radical (unpaired) electrons. The van der Waals surface area contributed by atoms with Gasteiger partial charge in [0.05, 0.1) is 32.0 Å². The van der Waals surface area contributed by atoms with Crippen LogP contribution >= 0.6 is 23.2 Å². The summed E-state index contributed by atoms with van der Waals surface area (Å²) in [6, 6.07) is 15.2. The minimum absolute atomic E-state index is 0. The van der Waals surface area contributed by atoms with E-state index in [1.807, 2.05) is 0 Å². The second kappa shape index (κ2) is 12.7. The quantitative estimate of drug-likeness (QED) is 0.211. The van der Waals surface area contributed by atoms with Gasteiger partial charge in [0.2, 0.25) is 0 Å². The largest absolute Gasteiger partial charge is 1.00 e. The Morgan fingerprint density at radius 1 is 0.975 bits per heavy atom. The molecule has 1 aliphatic heterocycles. The number of amides is 1. The molecule has 1 aliphatic rings. The molecule has 1 atom stereocenters. The van der Waals surface area contributed by atoms with Crippen LogP contribution in [0.4, 0.5) is 17.1 Å². The summed E-state index contributed by atoms with van der Waals surface area (Å²) in [6.45, 7) is 3.37. The molecular formula is C24H20Cl2N5NaO6S2. The molecule has 0 aromatic heterocycles. The van der Waals surface area contributed by atoms with Crippen molar-refractivity contribution in [2.45, 2.75) is 29.7 Å². The summed E-state index contributed by atoms with van der Waals surface area (Å²) in [4.78, 5) is 12.3. The van der Waals surface area contributed by atoms with Crippen molar-refractivity contribution >= 4 is 72.0 Å². The number of halogens is 2. The van der Waals surface area contributed by atoms with Crippen LogP contribution in [-0.2, 0) is 24.9 Å². The van der Waals surface area contributed by atoms with E-state index in [1.165, 1.54) is 23.4 Å². The molecule has 1 amide bonds. The van der Waals surface area contributed by atoms with Crippen LogP contribution < -0.4 is 38.9 Å². The molecule has 0 bridgehead atoms. The van der Waals surface area contributed by atoms with Crippen molar-refractivity contribution in [2.24, 2.45) is 15.3 Å². The van der Waals surface area contributed by atoms with Crippen LogP contribution in [0.25, 0.3) is 0 Å². The van der Waals surface area contributed by atoms with Gasteiger partial charge in [0, 0.05) is 6.54 Å². The molecule has 0 saturated carbocycles. The average molecular weight is 632 g/mol. The van der Waals surface area contributed by atoms with E-state index in [0.717, 1.165) is 17.1 Å². The smallest absolute Gasteiger partial charge is 0.744 e. The van der Waals surface area contributed by atoms with Crippen molar-refractivity contribution in [3.8, 4) is 0 Å². The van der Waals surface area contributed by atoms with Gasteiger partial charge in [0.15, 0.2) is 6.04 Å². The number of carbonyl (C=O) groups excluding carboxylic acids is 1. The first-order valence-electron chi connectivity index (χ1n) is 11.3. The average Bonchev–Trinajstić information content (AvgIpc) is 3.17. The third kappa shape index (κ3) is 6.42. The van der Waals surface area contributed by atoms with Crippen LogP contribution in [0.2, 0.25) is 10.0 Å². The molecule has 0 saturated heterocycles. The molecular weight excluding hydrogens is 612 g/mol. The first kappa shape index (κ1) is 32.2. The Kier molecular flexibility index (Phi) is 10.2. The van der Waals surface area contributed by atoms with Gasteiger partial charge >= 0.3 is 29.6 Å². The molecule has 0 aliphatic carbocycles. The van der Waals surface area contributed by atoms with Crippen LogP contribution in [0.15, 0.2) is 91.9 Å². The third-order valence-electron chi connectivity index (χ3n) is 5.64. The number of nitrogens with zero attached hydrogens (tertiary/aromatic N) is 5. The van der Waals surface area contributed by atoms with Gasteiger partial charge in [0.1, 0.15) is 20.7 Å². The van der Waals surface area contributed by atoms with Crippen LogP contribution in [-0.4, -0.2) is 45.6 Å². The van der Waals surface area contributed by atoms with Gasteiger partial charge in [0.25, 0.3) is 15.9 Å². The first-order chi connectivity index (χ1) is 18.4. The monoisotopic (exact) mass is 631 g/mol. The number of sulfonamides is 1. The zero-order valence-electron chi connectivity index (χ0n) is 21.4. The molecule has 11 nitrogen and oxygen atoms in total. The summed E-state index contributed by atoms with van der Waals surface area (Å²) in [7, 11) is -8.95. The molecule has 16 heteroatoms. The van der Waals surface area contributed by atoms with E-state index in [-0.39, 0.29) is 63.1 Å². The second-order valence-corrected chi connectivity index (χ2v) is 12.2. The van der Waals surface area contributed by atoms with Crippen molar-refractivity contribution in [1.82, 2.24) is 0 Å². The summed E-state index contributed by atoms with van der Waals surface area (Å²) >= 11 is 12.1. The summed E-state index contributed by atoms with van der Waals surface area (Å²) in [5.41, 5.74) is 0.622. The number of anilines is 2. The Labute approximate surface area is 263 Å². The first-order valence-corrected chi connectivity index (χ1v) is 14.9. The normalized spacial score (nSPS) is 15.7. The number of hydrogen-bond acceptors (Lipinski definition) is 9. The Morgan fingerprint density at radius 2 is 1.60 bits per heavy atom. The predicted molar refractivity (Wildman–Crippen MR) is 146 cm³/mol. The SMILES string of the molecule is CCN(c1ccccc1)S(=O)(=O)c1ccccc1N=NC1C(=O)N(c2cc(Cl)c(S(=O)(=O)[O-])cc2Cl)N=C1C.[Na+]. The number of azo groups is 1. The van der Waals surface area contributed by atoms with E-state index in [9.17, 15) is 26.2 Å². The number of rotatable bonds is 8. The van der Waals surface area contributed by atoms with Gasteiger partial charge in [-0.1, -0.05) is 53.5 Å². The van der Waals surface area contributed by atoms with Gasteiger partial charge in [-0.15, -0.1) is 0 Å². The molecule has 4 rings (SSSR count). The van der Waals surface area contributed by atoms with E-state index in [4.69, 9.17) is 23.2 Å².